The molecular weight excluding hydrogens is 466 g/mol. The highest BCUT2D eigenvalue weighted by atomic mass is 79.9. The second-order valence-electron chi connectivity index (χ2n) is 6.98. The summed E-state index contributed by atoms with van der Waals surface area (Å²) in [5.74, 6) is -0.414. The Bertz CT molecular complexity index is 1130. The molecule has 0 radical (unpaired) electrons. The fourth-order valence-corrected chi connectivity index (χ4v) is 4.05. The Morgan fingerprint density at radius 2 is 1.67 bits per heavy atom. The number of sulfonamides is 1. The Hall–Kier alpha value is -2.71. The molecule has 0 saturated heterocycles. The van der Waals surface area contributed by atoms with Gasteiger partial charge in [0.05, 0.1) is 11.9 Å². The van der Waals surface area contributed by atoms with Crippen LogP contribution >= 0.6 is 15.9 Å². The van der Waals surface area contributed by atoms with E-state index in [4.69, 9.17) is 0 Å². The van der Waals surface area contributed by atoms with Crippen molar-refractivity contribution >= 4 is 43.2 Å². The molecule has 0 saturated carbocycles. The molecule has 1 N–H and O–H groups in total. The number of nitrogens with zero attached hydrogens (tertiary/aromatic N) is 2. The molecule has 1 heterocycles. The average molecular weight is 488 g/mol. The van der Waals surface area contributed by atoms with Crippen molar-refractivity contribution in [3.05, 3.63) is 88.2 Å². The summed E-state index contributed by atoms with van der Waals surface area (Å²) < 4.78 is 26.5. The zero-order chi connectivity index (χ0) is 21.7. The Balaban J connectivity index is 1.68. The Kier molecular flexibility index (Phi) is 6.89. The van der Waals surface area contributed by atoms with E-state index in [1.807, 2.05) is 43.3 Å². The molecule has 30 heavy (non-hydrogen) atoms. The second-order valence-corrected chi connectivity index (χ2v) is 9.74. The predicted octanol–water partition coefficient (Wildman–Crippen LogP) is 4.15. The number of benzene rings is 2. The first-order valence-corrected chi connectivity index (χ1v) is 11.9. The summed E-state index contributed by atoms with van der Waals surface area (Å²) in [7, 11) is -3.62. The number of anilines is 2. The van der Waals surface area contributed by atoms with Crippen LogP contribution in [0.4, 0.5) is 11.4 Å². The maximum Gasteiger partial charge on any atom is 0.245 e. The first-order valence-electron chi connectivity index (χ1n) is 9.24. The molecule has 0 bridgehead atoms. The molecule has 0 unspecified atom stereocenters. The minimum absolute atomic E-state index is 0.307. The van der Waals surface area contributed by atoms with Crippen LogP contribution in [0.3, 0.4) is 0 Å². The zero-order valence-corrected chi connectivity index (χ0v) is 19.1. The highest BCUT2D eigenvalue weighted by Crippen LogP contribution is 2.24. The number of aryl methyl sites for hydroxylation is 1. The Morgan fingerprint density at radius 3 is 2.27 bits per heavy atom. The van der Waals surface area contributed by atoms with Crippen LogP contribution in [0.2, 0.25) is 0 Å². The summed E-state index contributed by atoms with van der Waals surface area (Å²) in [6.07, 6.45) is 5.36. The van der Waals surface area contributed by atoms with Gasteiger partial charge in [-0.15, -0.1) is 0 Å². The van der Waals surface area contributed by atoms with Crippen molar-refractivity contribution < 1.29 is 13.2 Å². The van der Waals surface area contributed by atoms with Gasteiger partial charge in [-0.05, 0) is 72.5 Å². The number of carbonyl (C=O) groups is 1. The standard InChI is InChI=1S/C22H22BrN3O3S/c1-16-13-20(7-8-21(16)23)26(30(2,28)29)15-22(27)25-19-5-3-17(4-6-19)14-18-9-11-24-12-10-18/h3-13H,14-15H2,1-2H3,(H,25,27). The van der Waals surface area contributed by atoms with Crippen LogP contribution < -0.4 is 9.62 Å². The van der Waals surface area contributed by atoms with Crippen molar-refractivity contribution in [2.75, 3.05) is 22.4 Å². The van der Waals surface area contributed by atoms with Crippen LogP contribution in [0.25, 0.3) is 0 Å². The van der Waals surface area contributed by atoms with Crippen LogP contribution in [0.15, 0.2) is 71.5 Å². The monoisotopic (exact) mass is 487 g/mol. The topological polar surface area (TPSA) is 79.4 Å². The molecule has 8 heteroatoms. The molecule has 0 aliphatic carbocycles. The van der Waals surface area contributed by atoms with Gasteiger partial charge in [0, 0.05) is 22.6 Å². The van der Waals surface area contributed by atoms with E-state index in [-0.39, 0.29) is 6.54 Å². The maximum absolute atomic E-state index is 12.5. The number of hydrogen-bond acceptors (Lipinski definition) is 4. The lowest BCUT2D eigenvalue weighted by Crippen LogP contribution is -2.37. The first-order chi connectivity index (χ1) is 14.2. The molecule has 156 valence electrons. The summed E-state index contributed by atoms with van der Waals surface area (Å²) in [5.41, 5.74) is 4.18. The molecule has 3 rings (SSSR count). The number of hydrogen-bond donors (Lipinski definition) is 1. The second kappa shape index (κ2) is 9.40. The molecule has 1 aromatic heterocycles. The van der Waals surface area contributed by atoms with Gasteiger partial charge in [0.15, 0.2) is 0 Å². The third-order valence-electron chi connectivity index (χ3n) is 4.51. The van der Waals surface area contributed by atoms with Crippen molar-refractivity contribution in [3.63, 3.8) is 0 Å². The molecule has 0 spiro atoms. The number of nitrogens with one attached hydrogen (secondary N) is 1. The summed E-state index contributed by atoms with van der Waals surface area (Å²) >= 11 is 3.40. The maximum atomic E-state index is 12.5. The Labute approximate surface area is 185 Å². The van der Waals surface area contributed by atoms with Gasteiger partial charge < -0.3 is 5.32 Å². The lowest BCUT2D eigenvalue weighted by atomic mass is 10.1. The van der Waals surface area contributed by atoms with E-state index >= 15 is 0 Å². The summed E-state index contributed by atoms with van der Waals surface area (Å²) in [5, 5.41) is 2.77. The molecule has 1 amide bonds. The van der Waals surface area contributed by atoms with Gasteiger partial charge in [-0.2, -0.15) is 0 Å². The third kappa shape index (κ3) is 5.90. The van der Waals surface area contributed by atoms with Gasteiger partial charge in [0.25, 0.3) is 0 Å². The molecule has 0 aliphatic rings. The van der Waals surface area contributed by atoms with Crippen LogP contribution in [0.5, 0.6) is 0 Å². The van der Waals surface area contributed by atoms with Crippen LogP contribution in [-0.2, 0) is 21.2 Å². The van der Waals surface area contributed by atoms with Crippen molar-refractivity contribution in [3.8, 4) is 0 Å². The van der Waals surface area contributed by atoms with E-state index < -0.39 is 15.9 Å². The number of amides is 1. The lowest BCUT2D eigenvalue weighted by Gasteiger charge is -2.22. The van der Waals surface area contributed by atoms with Gasteiger partial charge in [-0.1, -0.05) is 28.1 Å². The molecule has 6 nitrogen and oxygen atoms in total. The lowest BCUT2D eigenvalue weighted by molar-refractivity contribution is -0.114. The highest BCUT2D eigenvalue weighted by molar-refractivity contribution is 9.10. The molecule has 0 aliphatic heterocycles. The van der Waals surface area contributed by atoms with Crippen LogP contribution in [-0.4, -0.2) is 32.1 Å². The van der Waals surface area contributed by atoms with Crippen LogP contribution in [0, 0.1) is 6.92 Å². The molecule has 0 atom stereocenters. The van der Waals surface area contributed by atoms with Gasteiger partial charge in [0.2, 0.25) is 15.9 Å². The normalized spacial score (nSPS) is 11.2. The van der Waals surface area contributed by atoms with Gasteiger partial charge >= 0.3 is 0 Å². The van der Waals surface area contributed by atoms with Gasteiger partial charge in [-0.25, -0.2) is 8.42 Å². The van der Waals surface area contributed by atoms with E-state index in [0.717, 1.165) is 38.1 Å². The minimum atomic E-state index is -3.62. The van der Waals surface area contributed by atoms with E-state index in [1.165, 1.54) is 0 Å². The fourth-order valence-electron chi connectivity index (χ4n) is 2.96. The number of pyridine rings is 1. The molecular formula is C22H22BrN3O3S. The van der Waals surface area contributed by atoms with Crippen molar-refractivity contribution in [2.45, 2.75) is 13.3 Å². The number of halogens is 1. The van der Waals surface area contributed by atoms with Crippen molar-refractivity contribution in [1.29, 1.82) is 0 Å². The first kappa shape index (κ1) is 22.0. The largest absolute Gasteiger partial charge is 0.325 e. The smallest absolute Gasteiger partial charge is 0.245 e. The van der Waals surface area contributed by atoms with E-state index in [9.17, 15) is 13.2 Å². The van der Waals surface area contributed by atoms with E-state index in [0.29, 0.717) is 11.4 Å². The van der Waals surface area contributed by atoms with E-state index in [1.54, 1.807) is 30.6 Å². The van der Waals surface area contributed by atoms with Crippen molar-refractivity contribution in [2.24, 2.45) is 0 Å². The number of aromatic nitrogens is 1. The summed E-state index contributed by atoms with van der Waals surface area (Å²) in [4.78, 5) is 16.5. The van der Waals surface area contributed by atoms with Crippen LogP contribution in [0.1, 0.15) is 16.7 Å². The molecule has 3 aromatic rings. The SMILES string of the molecule is Cc1cc(N(CC(=O)Nc2ccc(Cc3ccncc3)cc2)S(C)(=O)=O)ccc1Br. The average Bonchev–Trinajstić information content (AvgIpc) is 2.70. The zero-order valence-electron chi connectivity index (χ0n) is 16.7. The van der Waals surface area contributed by atoms with Gasteiger partial charge in [-0.3, -0.25) is 14.1 Å². The van der Waals surface area contributed by atoms with Gasteiger partial charge in [0.1, 0.15) is 6.54 Å². The Morgan fingerprint density at radius 1 is 1.03 bits per heavy atom. The molecule has 2 aromatic carbocycles. The predicted molar refractivity (Wildman–Crippen MR) is 123 cm³/mol. The number of rotatable bonds is 7. The quantitative estimate of drug-likeness (QED) is 0.542. The highest BCUT2D eigenvalue weighted by Gasteiger charge is 2.21. The third-order valence-corrected chi connectivity index (χ3v) is 6.54. The summed E-state index contributed by atoms with van der Waals surface area (Å²) in [6.45, 7) is 1.56. The van der Waals surface area contributed by atoms with E-state index in [2.05, 4.69) is 26.2 Å². The molecule has 0 fully saturated rings. The summed E-state index contributed by atoms with van der Waals surface area (Å²) in [6, 6.07) is 16.6. The number of carbonyl (C=O) groups excluding carboxylic acids is 1. The van der Waals surface area contributed by atoms with Crippen molar-refractivity contribution in [1.82, 2.24) is 4.98 Å². The minimum Gasteiger partial charge on any atom is -0.325 e. The fraction of sp³-hybridized carbons (Fsp3) is 0.182.